The minimum atomic E-state index is -0.405. The maximum Gasteiger partial charge on any atom is 0.223 e. The molecule has 0 aliphatic carbocycles. The Morgan fingerprint density at radius 1 is 1.26 bits per heavy atom. The Hall–Kier alpha value is -1.49. The molecule has 0 fully saturated rings. The first-order valence-corrected chi connectivity index (χ1v) is 6.85. The van der Waals surface area contributed by atoms with E-state index in [1.165, 1.54) is 6.07 Å². The van der Waals surface area contributed by atoms with Gasteiger partial charge < -0.3 is 4.74 Å². The van der Waals surface area contributed by atoms with Crippen LogP contribution in [0.15, 0.2) is 28.9 Å². The van der Waals surface area contributed by atoms with Gasteiger partial charge in [-0.25, -0.2) is 9.37 Å². The Balaban J connectivity index is 2.29. The number of rotatable bonds is 4. The molecule has 0 bridgehead atoms. The molecule has 1 aromatic heterocycles. The van der Waals surface area contributed by atoms with Crippen LogP contribution in [0.1, 0.15) is 24.7 Å². The van der Waals surface area contributed by atoms with Gasteiger partial charge in [0, 0.05) is 12.5 Å². The van der Waals surface area contributed by atoms with E-state index in [4.69, 9.17) is 4.74 Å². The highest BCUT2D eigenvalue weighted by Gasteiger charge is 2.08. The Labute approximate surface area is 120 Å². The third-order valence-electron chi connectivity index (χ3n) is 2.49. The fraction of sp³-hybridized carbons (Fsp3) is 0.286. The van der Waals surface area contributed by atoms with Gasteiger partial charge in [-0.3, -0.25) is 0 Å². The monoisotopic (exact) mass is 324 g/mol. The largest absolute Gasteiger partial charge is 0.436 e. The maximum absolute atomic E-state index is 13.6. The van der Waals surface area contributed by atoms with Gasteiger partial charge in [-0.2, -0.15) is 4.98 Å². The molecule has 5 heteroatoms. The van der Waals surface area contributed by atoms with Crippen LogP contribution in [0.3, 0.4) is 0 Å². The van der Waals surface area contributed by atoms with E-state index in [2.05, 4.69) is 25.9 Å². The van der Waals surface area contributed by atoms with Gasteiger partial charge in [-0.1, -0.05) is 13.0 Å². The summed E-state index contributed by atoms with van der Waals surface area (Å²) in [6.45, 7) is 3.93. The van der Waals surface area contributed by atoms with Crippen molar-refractivity contribution in [2.24, 2.45) is 0 Å². The summed E-state index contributed by atoms with van der Waals surface area (Å²) >= 11 is 3.30. The molecule has 0 amide bonds. The van der Waals surface area contributed by atoms with Gasteiger partial charge in [0.25, 0.3) is 0 Å². The van der Waals surface area contributed by atoms with Crippen molar-refractivity contribution in [1.82, 2.24) is 9.97 Å². The van der Waals surface area contributed by atoms with Gasteiger partial charge in [0.1, 0.15) is 10.4 Å². The zero-order valence-corrected chi connectivity index (χ0v) is 12.4. The van der Waals surface area contributed by atoms with Crippen molar-refractivity contribution < 1.29 is 9.13 Å². The summed E-state index contributed by atoms with van der Waals surface area (Å²) in [5.41, 5.74) is 0.929. The average molecular weight is 325 g/mol. The second kappa shape index (κ2) is 6.10. The zero-order valence-electron chi connectivity index (χ0n) is 10.8. The van der Waals surface area contributed by atoms with E-state index in [-0.39, 0.29) is 5.75 Å². The number of nitrogens with zero attached hydrogens (tertiary/aromatic N) is 2. The summed E-state index contributed by atoms with van der Waals surface area (Å²) in [5.74, 6) is 0.792. The van der Waals surface area contributed by atoms with Gasteiger partial charge in [0.2, 0.25) is 5.88 Å². The Morgan fingerprint density at radius 2 is 2.05 bits per heavy atom. The Morgan fingerprint density at radius 3 is 2.79 bits per heavy atom. The van der Waals surface area contributed by atoms with Crippen LogP contribution in [-0.2, 0) is 6.42 Å². The molecule has 0 atom stereocenters. The fourth-order valence-electron chi connectivity index (χ4n) is 1.63. The first-order valence-electron chi connectivity index (χ1n) is 6.06. The molecule has 0 radical (unpaired) electrons. The molecule has 0 aliphatic rings. The first kappa shape index (κ1) is 13.9. The summed E-state index contributed by atoms with van der Waals surface area (Å²) in [4.78, 5) is 8.50. The molecule has 0 N–H and O–H groups in total. The molecular formula is C14H14BrFN2O. The third kappa shape index (κ3) is 3.73. The Bertz CT molecular complexity index is 590. The van der Waals surface area contributed by atoms with E-state index in [9.17, 15) is 4.39 Å². The lowest BCUT2D eigenvalue weighted by molar-refractivity contribution is 0.423. The highest BCUT2D eigenvalue weighted by atomic mass is 79.9. The van der Waals surface area contributed by atoms with Gasteiger partial charge in [0.05, 0.1) is 0 Å². The van der Waals surface area contributed by atoms with Crippen molar-refractivity contribution in [2.75, 3.05) is 0 Å². The van der Waals surface area contributed by atoms with Gasteiger partial charge in [-0.05, 0) is 47.0 Å². The van der Waals surface area contributed by atoms with Crippen LogP contribution >= 0.6 is 15.9 Å². The number of aryl methyl sites for hydroxylation is 2. The highest BCUT2D eigenvalue weighted by molar-refractivity contribution is 9.10. The van der Waals surface area contributed by atoms with Crippen molar-refractivity contribution in [3.05, 3.63) is 46.1 Å². The smallest absolute Gasteiger partial charge is 0.223 e. The summed E-state index contributed by atoms with van der Waals surface area (Å²) in [6.07, 6.45) is 1.70. The van der Waals surface area contributed by atoms with Gasteiger partial charge in [-0.15, -0.1) is 0 Å². The van der Waals surface area contributed by atoms with Gasteiger partial charge >= 0.3 is 0 Å². The molecule has 1 aromatic carbocycles. The number of benzene rings is 1. The summed E-state index contributed by atoms with van der Waals surface area (Å²) in [7, 11) is 0. The standard InChI is InChI=1S/C14H14BrFN2O/c1-3-4-13-17-12(15)8-14(18-13)19-11-7-9(2)5-6-10(11)16/h5-8H,3-4H2,1-2H3. The predicted octanol–water partition coefficient (Wildman–Crippen LogP) is 4.43. The predicted molar refractivity (Wildman–Crippen MR) is 74.9 cm³/mol. The molecule has 0 saturated carbocycles. The topological polar surface area (TPSA) is 35.0 Å². The van der Waals surface area contributed by atoms with Crippen LogP contribution in [0.4, 0.5) is 4.39 Å². The normalized spacial score (nSPS) is 10.5. The molecule has 0 aliphatic heterocycles. The van der Waals surface area contributed by atoms with Crippen molar-refractivity contribution in [1.29, 1.82) is 0 Å². The molecule has 0 unspecified atom stereocenters. The van der Waals surface area contributed by atoms with Crippen molar-refractivity contribution in [2.45, 2.75) is 26.7 Å². The second-order valence-electron chi connectivity index (χ2n) is 4.23. The van der Waals surface area contributed by atoms with E-state index in [1.54, 1.807) is 18.2 Å². The van der Waals surface area contributed by atoms with Crippen LogP contribution < -0.4 is 4.74 Å². The quantitative estimate of drug-likeness (QED) is 0.780. The van der Waals surface area contributed by atoms with Crippen molar-refractivity contribution in [3.8, 4) is 11.6 Å². The van der Waals surface area contributed by atoms with E-state index >= 15 is 0 Å². The van der Waals surface area contributed by atoms with E-state index in [0.29, 0.717) is 16.3 Å². The van der Waals surface area contributed by atoms with Crippen LogP contribution in [0.25, 0.3) is 0 Å². The molecule has 0 spiro atoms. The van der Waals surface area contributed by atoms with E-state index < -0.39 is 5.82 Å². The lowest BCUT2D eigenvalue weighted by Gasteiger charge is -2.08. The van der Waals surface area contributed by atoms with Crippen molar-refractivity contribution in [3.63, 3.8) is 0 Å². The first-order chi connectivity index (χ1) is 9.08. The minimum absolute atomic E-state index is 0.174. The number of aromatic nitrogens is 2. The van der Waals surface area contributed by atoms with Crippen molar-refractivity contribution >= 4 is 15.9 Å². The molecular weight excluding hydrogens is 311 g/mol. The third-order valence-corrected chi connectivity index (χ3v) is 2.90. The van der Waals surface area contributed by atoms with Crippen LogP contribution in [0.5, 0.6) is 11.6 Å². The molecule has 2 rings (SSSR count). The average Bonchev–Trinajstić information content (AvgIpc) is 2.33. The fourth-order valence-corrected chi connectivity index (χ4v) is 2.03. The lowest BCUT2D eigenvalue weighted by Crippen LogP contribution is -1.98. The minimum Gasteiger partial charge on any atom is -0.436 e. The summed E-state index contributed by atoms with van der Waals surface area (Å²) in [6, 6.07) is 6.35. The van der Waals surface area contributed by atoms with Crippen LogP contribution in [-0.4, -0.2) is 9.97 Å². The second-order valence-corrected chi connectivity index (χ2v) is 5.04. The molecule has 2 aromatic rings. The number of ether oxygens (including phenoxy) is 1. The zero-order chi connectivity index (χ0) is 13.8. The van der Waals surface area contributed by atoms with E-state index in [1.807, 2.05) is 13.8 Å². The molecule has 0 saturated heterocycles. The number of halogens is 2. The Kier molecular flexibility index (Phi) is 4.47. The number of hydrogen-bond acceptors (Lipinski definition) is 3. The summed E-state index contributed by atoms with van der Waals surface area (Å²) < 4.78 is 19.8. The van der Waals surface area contributed by atoms with E-state index in [0.717, 1.165) is 18.4 Å². The van der Waals surface area contributed by atoms with Crippen LogP contribution in [0.2, 0.25) is 0 Å². The molecule has 19 heavy (non-hydrogen) atoms. The lowest BCUT2D eigenvalue weighted by atomic mass is 10.2. The molecule has 3 nitrogen and oxygen atoms in total. The molecule has 1 heterocycles. The molecule has 100 valence electrons. The van der Waals surface area contributed by atoms with Crippen LogP contribution in [0, 0.1) is 12.7 Å². The van der Waals surface area contributed by atoms with Gasteiger partial charge in [0.15, 0.2) is 11.6 Å². The highest BCUT2D eigenvalue weighted by Crippen LogP contribution is 2.25. The summed E-state index contributed by atoms with van der Waals surface area (Å²) in [5, 5.41) is 0. The number of hydrogen-bond donors (Lipinski definition) is 0. The maximum atomic E-state index is 13.6. The SMILES string of the molecule is CCCc1nc(Br)cc(Oc2cc(C)ccc2F)n1.